The molecule has 1 aliphatic carbocycles. The molecule has 1 aliphatic heterocycles. The Labute approximate surface area is 101 Å². The first-order valence-corrected chi connectivity index (χ1v) is 7.11. The van der Waals surface area contributed by atoms with E-state index in [1.54, 1.807) is 0 Å². The van der Waals surface area contributed by atoms with E-state index in [0.717, 1.165) is 18.0 Å². The normalized spacial score (nSPS) is 39.4. The third-order valence-electron chi connectivity index (χ3n) is 5.00. The molecular weight excluding hydrogens is 196 g/mol. The molecule has 0 radical (unpaired) electrons. The predicted octanol–water partition coefficient (Wildman–Crippen LogP) is 2.64. The van der Waals surface area contributed by atoms with Gasteiger partial charge in [0.1, 0.15) is 0 Å². The SMILES string of the molecule is CCC1(CC)CN(C2CC(C)C2)C(C)CN1. The van der Waals surface area contributed by atoms with Gasteiger partial charge in [-0.15, -0.1) is 0 Å². The minimum absolute atomic E-state index is 0.394. The van der Waals surface area contributed by atoms with Crippen molar-refractivity contribution < 1.29 is 0 Å². The van der Waals surface area contributed by atoms with Crippen LogP contribution in [0.2, 0.25) is 0 Å². The molecule has 1 heterocycles. The summed E-state index contributed by atoms with van der Waals surface area (Å²) >= 11 is 0. The lowest BCUT2D eigenvalue weighted by Gasteiger charge is -2.53. The van der Waals surface area contributed by atoms with Gasteiger partial charge in [-0.3, -0.25) is 4.90 Å². The van der Waals surface area contributed by atoms with Gasteiger partial charge in [0, 0.05) is 30.7 Å². The van der Waals surface area contributed by atoms with Crippen LogP contribution >= 0.6 is 0 Å². The zero-order valence-electron chi connectivity index (χ0n) is 11.4. The van der Waals surface area contributed by atoms with E-state index in [-0.39, 0.29) is 0 Å². The lowest BCUT2D eigenvalue weighted by atomic mass is 9.78. The van der Waals surface area contributed by atoms with Gasteiger partial charge in [-0.05, 0) is 38.5 Å². The summed E-state index contributed by atoms with van der Waals surface area (Å²) < 4.78 is 0. The van der Waals surface area contributed by atoms with Gasteiger partial charge >= 0.3 is 0 Å². The summed E-state index contributed by atoms with van der Waals surface area (Å²) in [4.78, 5) is 2.78. The van der Waals surface area contributed by atoms with Gasteiger partial charge in [-0.25, -0.2) is 0 Å². The fourth-order valence-electron chi connectivity index (χ4n) is 3.39. The first-order chi connectivity index (χ1) is 7.60. The molecule has 0 amide bonds. The maximum Gasteiger partial charge on any atom is 0.0304 e. The van der Waals surface area contributed by atoms with Crippen molar-refractivity contribution in [3.63, 3.8) is 0 Å². The maximum atomic E-state index is 3.78. The van der Waals surface area contributed by atoms with Crippen LogP contribution < -0.4 is 5.32 Å². The van der Waals surface area contributed by atoms with Crippen molar-refractivity contribution in [2.45, 2.75) is 71.0 Å². The molecular formula is C14H28N2. The van der Waals surface area contributed by atoms with E-state index in [0.29, 0.717) is 5.54 Å². The molecule has 0 bridgehead atoms. The van der Waals surface area contributed by atoms with Crippen molar-refractivity contribution in [2.75, 3.05) is 13.1 Å². The lowest BCUT2D eigenvalue weighted by molar-refractivity contribution is -0.00399. The Morgan fingerprint density at radius 1 is 1.19 bits per heavy atom. The van der Waals surface area contributed by atoms with Gasteiger partial charge in [-0.1, -0.05) is 20.8 Å². The first kappa shape index (κ1) is 12.4. The largest absolute Gasteiger partial charge is 0.308 e. The van der Waals surface area contributed by atoms with Crippen molar-refractivity contribution in [1.29, 1.82) is 0 Å². The molecule has 2 nitrogen and oxygen atoms in total. The fraction of sp³-hybridized carbons (Fsp3) is 1.00. The minimum Gasteiger partial charge on any atom is -0.308 e. The van der Waals surface area contributed by atoms with Crippen LogP contribution in [0.5, 0.6) is 0 Å². The van der Waals surface area contributed by atoms with Crippen molar-refractivity contribution in [3.05, 3.63) is 0 Å². The molecule has 0 spiro atoms. The van der Waals surface area contributed by atoms with E-state index in [1.165, 1.54) is 38.8 Å². The average Bonchev–Trinajstić information content (AvgIpc) is 2.27. The Morgan fingerprint density at radius 2 is 1.81 bits per heavy atom. The Hall–Kier alpha value is -0.0800. The van der Waals surface area contributed by atoms with Crippen molar-refractivity contribution in [2.24, 2.45) is 5.92 Å². The zero-order valence-corrected chi connectivity index (χ0v) is 11.4. The summed E-state index contributed by atoms with van der Waals surface area (Å²) in [6.07, 6.45) is 5.37. The van der Waals surface area contributed by atoms with E-state index >= 15 is 0 Å². The summed E-state index contributed by atoms with van der Waals surface area (Å²) in [6.45, 7) is 11.9. The second-order valence-electron chi connectivity index (χ2n) is 6.12. The van der Waals surface area contributed by atoms with Crippen LogP contribution in [0.3, 0.4) is 0 Å². The molecule has 1 unspecified atom stereocenters. The van der Waals surface area contributed by atoms with E-state index in [1.807, 2.05) is 0 Å². The van der Waals surface area contributed by atoms with Gasteiger partial charge in [0.05, 0.1) is 0 Å². The number of piperazine rings is 1. The number of rotatable bonds is 3. The molecule has 0 aromatic rings. The Kier molecular flexibility index (Phi) is 3.60. The molecule has 0 aromatic carbocycles. The van der Waals surface area contributed by atoms with Gasteiger partial charge < -0.3 is 5.32 Å². The van der Waals surface area contributed by atoms with Crippen molar-refractivity contribution >= 4 is 0 Å². The summed E-state index contributed by atoms with van der Waals surface area (Å²) in [7, 11) is 0. The molecule has 2 rings (SSSR count). The fourth-order valence-corrected chi connectivity index (χ4v) is 3.39. The smallest absolute Gasteiger partial charge is 0.0304 e. The van der Waals surface area contributed by atoms with Gasteiger partial charge in [0.15, 0.2) is 0 Å². The van der Waals surface area contributed by atoms with Crippen LogP contribution in [0.4, 0.5) is 0 Å². The van der Waals surface area contributed by atoms with E-state index in [9.17, 15) is 0 Å². The highest BCUT2D eigenvalue weighted by Crippen LogP contribution is 2.35. The highest BCUT2D eigenvalue weighted by molar-refractivity contribution is 4.99. The number of hydrogen-bond acceptors (Lipinski definition) is 2. The Balaban J connectivity index is 2.00. The first-order valence-electron chi connectivity index (χ1n) is 7.11. The summed E-state index contributed by atoms with van der Waals surface area (Å²) in [6, 6.07) is 1.60. The third-order valence-corrected chi connectivity index (χ3v) is 5.00. The van der Waals surface area contributed by atoms with Gasteiger partial charge in [0.25, 0.3) is 0 Å². The van der Waals surface area contributed by atoms with Crippen molar-refractivity contribution in [3.8, 4) is 0 Å². The van der Waals surface area contributed by atoms with Crippen LogP contribution in [-0.2, 0) is 0 Å². The Morgan fingerprint density at radius 3 is 2.31 bits per heavy atom. The average molecular weight is 224 g/mol. The third kappa shape index (κ3) is 2.14. The standard InChI is InChI=1S/C14H28N2/c1-5-14(6-2)10-16(12(4)9-15-14)13-7-11(3)8-13/h11-13,15H,5-10H2,1-4H3. The maximum absolute atomic E-state index is 3.78. The summed E-state index contributed by atoms with van der Waals surface area (Å²) in [5.41, 5.74) is 0.394. The van der Waals surface area contributed by atoms with Crippen molar-refractivity contribution in [1.82, 2.24) is 10.2 Å². The molecule has 2 heteroatoms. The van der Waals surface area contributed by atoms with Crippen LogP contribution in [0.1, 0.15) is 53.4 Å². The van der Waals surface area contributed by atoms with E-state index < -0.39 is 0 Å². The van der Waals surface area contributed by atoms with E-state index in [2.05, 4.69) is 37.9 Å². The topological polar surface area (TPSA) is 15.3 Å². The summed E-state index contributed by atoms with van der Waals surface area (Å²) in [5.74, 6) is 0.963. The second kappa shape index (κ2) is 4.66. The van der Waals surface area contributed by atoms with Gasteiger partial charge in [0.2, 0.25) is 0 Å². The molecule has 16 heavy (non-hydrogen) atoms. The molecule has 94 valence electrons. The highest BCUT2D eigenvalue weighted by atomic mass is 15.3. The number of nitrogens with one attached hydrogen (secondary N) is 1. The van der Waals surface area contributed by atoms with Gasteiger partial charge in [-0.2, -0.15) is 0 Å². The molecule has 1 N–H and O–H groups in total. The van der Waals surface area contributed by atoms with Crippen LogP contribution in [0.25, 0.3) is 0 Å². The molecule has 2 aliphatic rings. The Bertz CT molecular complexity index is 229. The zero-order chi connectivity index (χ0) is 11.8. The summed E-state index contributed by atoms with van der Waals surface area (Å²) in [5, 5.41) is 3.78. The second-order valence-corrected chi connectivity index (χ2v) is 6.12. The van der Waals surface area contributed by atoms with Crippen LogP contribution in [0.15, 0.2) is 0 Å². The monoisotopic (exact) mass is 224 g/mol. The highest BCUT2D eigenvalue weighted by Gasteiger charge is 2.41. The molecule has 2 fully saturated rings. The van der Waals surface area contributed by atoms with Crippen LogP contribution in [-0.4, -0.2) is 35.6 Å². The van der Waals surface area contributed by atoms with Crippen LogP contribution in [0, 0.1) is 5.92 Å². The lowest BCUT2D eigenvalue weighted by Crippen LogP contribution is -2.66. The molecule has 1 saturated heterocycles. The molecule has 1 atom stereocenters. The predicted molar refractivity (Wildman–Crippen MR) is 69.7 cm³/mol. The minimum atomic E-state index is 0.394. The van der Waals surface area contributed by atoms with E-state index in [4.69, 9.17) is 0 Å². The number of nitrogens with zero attached hydrogens (tertiary/aromatic N) is 1. The quantitative estimate of drug-likeness (QED) is 0.793. The molecule has 0 aromatic heterocycles. The molecule has 1 saturated carbocycles. The number of hydrogen-bond donors (Lipinski definition) is 1.